The highest BCUT2D eigenvalue weighted by Crippen LogP contribution is 2.27. The van der Waals surface area contributed by atoms with Gasteiger partial charge in [0, 0.05) is 16.1 Å². The molecule has 4 N–H and O–H groups in total. The number of anilines is 1. The summed E-state index contributed by atoms with van der Waals surface area (Å²) in [6.45, 7) is 3.05. The number of nitriles is 1. The van der Waals surface area contributed by atoms with Gasteiger partial charge in [0.25, 0.3) is 11.8 Å². The van der Waals surface area contributed by atoms with Gasteiger partial charge < -0.3 is 15.0 Å². The lowest BCUT2D eigenvalue weighted by molar-refractivity contribution is -0.124. The summed E-state index contributed by atoms with van der Waals surface area (Å²) in [6, 6.07) is 8.93. The summed E-state index contributed by atoms with van der Waals surface area (Å²) in [7, 11) is 0. The molecule has 0 radical (unpaired) electrons. The number of benzene rings is 2. The zero-order chi connectivity index (χ0) is 22.4. The molecule has 158 valence electrons. The van der Waals surface area contributed by atoms with Crippen molar-refractivity contribution in [1.82, 2.24) is 10.9 Å². The number of carbonyl (C=O) groups excluding carboxylic acids is 2. The highest BCUT2D eigenvalue weighted by Gasteiger charge is 2.25. The fourth-order valence-corrected chi connectivity index (χ4v) is 3.05. The van der Waals surface area contributed by atoms with Crippen LogP contribution in [0.4, 0.5) is 5.69 Å². The normalized spacial score (nSPS) is 13.5. The van der Waals surface area contributed by atoms with Gasteiger partial charge in [0.05, 0.1) is 16.7 Å². The number of carbonyl (C=O) groups is 2. The van der Waals surface area contributed by atoms with Gasteiger partial charge in [-0.15, -0.1) is 0 Å². The molecule has 3 atom stereocenters. The monoisotopic (exact) mass is 449 g/mol. The first-order chi connectivity index (χ1) is 14.1. The van der Waals surface area contributed by atoms with Crippen LogP contribution in [0.5, 0.6) is 0 Å². The van der Waals surface area contributed by atoms with Crippen molar-refractivity contribution < 1.29 is 23.5 Å². The number of amides is 2. The molecule has 0 heterocycles. The molecule has 0 saturated carbocycles. The Morgan fingerprint density at radius 2 is 1.83 bits per heavy atom. The van der Waals surface area contributed by atoms with Gasteiger partial charge in [0.15, 0.2) is 0 Å². The highest BCUT2D eigenvalue weighted by atomic mass is 35.5. The second-order valence-corrected chi connectivity index (χ2v) is 7.60. The van der Waals surface area contributed by atoms with Crippen molar-refractivity contribution in [2.45, 2.75) is 30.9 Å². The summed E-state index contributed by atoms with van der Waals surface area (Å²) in [5.74, 6) is -1.40. The quantitative estimate of drug-likeness (QED) is 0.383. The van der Waals surface area contributed by atoms with Crippen molar-refractivity contribution in [2.24, 2.45) is 0 Å². The van der Waals surface area contributed by atoms with Gasteiger partial charge in [-0.05, 0) is 66.9 Å². The Balaban J connectivity index is 2.07. The molecule has 30 heavy (non-hydrogen) atoms. The molecule has 0 aliphatic carbocycles. The number of halogens is 1. The van der Waals surface area contributed by atoms with Gasteiger partial charge in [0.2, 0.25) is 0 Å². The maximum absolute atomic E-state index is 12.5. The topological polar surface area (TPSA) is 154 Å². The maximum atomic E-state index is 12.5. The molecule has 0 aliphatic rings. The van der Waals surface area contributed by atoms with Crippen LogP contribution in [0, 0.1) is 18.3 Å². The van der Waals surface area contributed by atoms with E-state index in [-0.39, 0.29) is 21.0 Å². The van der Waals surface area contributed by atoms with Crippen molar-refractivity contribution in [3.05, 3.63) is 58.1 Å². The molecule has 0 aromatic heterocycles. The minimum atomic E-state index is -2.41. The average molecular weight is 450 g/mol. The van der Waals surface area contributed by atoms with E-state index in [2.05, 4.69) is 16.2 Å². The molecule has 2 amide bonds. The predicted molar refractivity (Wildman–Crippen MR) is 109 cm³/mol. The Labute approximate surface area is 180 Å². The zero-order valence-corrected chi connectivity index (χ0v) is 17.5. The van der Waals surface area contributed by atoms with Crippen molar-refractivity contribution in [1.29, 1.82) is 5.26 Å². The van der Waals surface area contributed by atoms with E-state index in [9.17, 15) is 23.5 Å². The van der Waals surface area contributed by atoms with Gasteiger partial charge >= 0.3 is 0 Å². The second-order valence-electron chi connectivity index (χ2n) is 6.28. The lowest BCUT2D eigenvalue weighted by Gasteiger charge is -2.23. The fourth-order valence-electron chi connectivity index (χ4n) is 2.49. The summed E-state index contributed by atoms with van der Waals surface area (Å²) < 4.78 is 21.7. The summed E-state index contributed by atoms with van der Waals surface area (Å²) in [4.78, 5) is 24.6. The van der Waals surface area contributed by atoms with E-state index < -0.39 is 35.0 Å². The number of nitrogens with one attached hydrogen (secondary N) is 3. The van der Waals surface area contributed by atoms with Gasteiger partial charge in [0.1, 0.15) is 12.1 Å². The fraction of sp³-hybridized carbons (Fsp3) is 0.211. The summed E-state index contributed by atoms with van der Waals surface area (Å²) in [5, 5.41) is 22.1. The van der Waals surface area contributed by atoms with E-state index >= 15 is 0 Å². The molecule has 0 bridgehead atoms. The molecule has 0 fully saturated rings. The van der Waals surface area contributed by atoms with Crippen molar-refractivity contribution in [2.75, 3.05) is 5.32 Å². The summed E-state index contributed by atoms with van der Waals surface area (Å²) in [6.07, 6.45) is -1.14. The van der Waals surface area contributed by atoms with Crippen LogP contribution in [0.1, 0.15) is 28.4 Å². The number of aliphatic hydroxyl groups is 1. The van der Waals surface area contributed by atoms with Crippen LogP contribution in [0.15, 0.2) is 41.3 Å². The molecule has 0 aliphatic heterocycles. The van der Waals surface area contributed by atoms with Gasteiger partial charge in [-0.3, -0.25) is 24.6 Å². The number of hydrazine groups is 1. The Morgan fingerprint density at radius 3 is 2.37 bits per heavy atom. The SMILES string of the molecule is Cc1c(N[C@@H](C(=O)NNC(=O)c2ccc(S(=O)[O-])cc2)[C@H](C)O)ccc(C#N)c1Cl. The van der Waals surface area contributed by atoms with Crippen molar-refractivity contribution >= 4 is 40.2 Å². The van der Waals surface area contributed by atoms with E-state index in [1.807, 2.05) is 6.07 Å². The zero-order valence-electron chi connectivity index (χ0n) is 15.9. The van der Waals surface area contributed by atoms with E-state index in [1.54, 1.807) is 13.0 Å². The number of hydrogen-bond acceptors (Lipinski definition) is 7. The van der Waals surface area contributed by atoms with Crippen molar-refractivity contribution in [3.63, 3.8) is 0 Å². The Morgan fingerprint density at radius 1 is 1.20 bits per heavy atom. The molecule has 9 nitrogen and oxygen atoms in total. The van der Waals surface area contributed by atoms with Crippen LogP contribution in [0.3, 0.4) is 0 Å². The molecule has 2 rings (SSSR count). The smallest absolute Gasteiger partial charge is 0.269 e. The Kier molecular flexibility index (Phi) is 7.91. The molecule has 2 aromatic rings. The van der Waals surface area contributed by atoms with E-state index in [0.29, 0.717) is 11.3 Å². The van der Waals surface area contributed by atoms with Crippen LogP contribution in [0.25, 0.3) is 0 Å². The molecule has 0 spiro atoms. The minimum Gasteiger partial charge on any atom is -0.768 e. The molecular weight excluding hydrogens is 432 g/mol. The third-order valence-corrected chi connectivity index (χ3v) is 5.34. The average Bonchev–Trinajstić information content (AvgIpc) is 2.72. The largest absolute Gasteiger partial charge is 0.768 e. The van der Waals surface area contributed by atoms with Gasteiger partial charge in [-0.25, -0.2) is 0 Å². The molecule has 2 aromatic carbocycles. The van der Waals surface area contributed by atoms with Crippen LogP contribution in [0.2, 0.25) is 5.02 Å². The lowest BCUT2D eigenvalue weighted by atomic mass is 10.1. The highest BCUT2D eigenvalue weighted by molar-refractivity contribution is 7.79. The lowest BCUT2D eigenvalue weighted by Crippen LogP contribution is -2.52. The minimum absolute atomic E-state index is 0.0189. The van der Waals surface area contributed by atoms with Gasteiger partial charge in [-0.2, -0.15) is 5.26 Å². The van der Waals surface area contributed by atoms with E-state index in [1.165, 1.54) is 37.3 Å². The maximum Gasteiger partial charge on any atom is 0.269 e. The number of rotatable bonds is 6. The standard InChI is InChI=1S/C19H19ClN4O5S/c1-10-15(8-5-13(9-21)16(10)20)22-17(11(2)25)19(27)24-23-18(26)12-3-6-14(7-4-12)30(28)29/h3-8,11,17,22,25H,1-2H3,(H,23,26)(H,24,27)(H,28,29)/p-1/t11-,17+/m0/s1. The Bertz CT molecular complexity index is 1020. The number of nitrogens with zero attached hydrogens (tertiary/aromatic N) is 1. The van der Waals surface area contributed by atoms with E-state index in [0.717, 1.165) is 0 Å². The first kappa shape index (κ1) is 23.3. The molecule has 0 saturated heterocycles. The molecule has 1 unspecified atom stereocenters. The Hall–Kier alpha value is -2.97. The summed E-state index contributed by atoms with van der Waals surface area (Å²) in [5.41, 5.74) is 5.77. The van der Waals surface area contributed by atoms with Gasteiger partial charge in [-0.1, -0.05) is 11.6 Å². The van der Waals surface area contributed by atoms with Crippen LogP contribution < -0.4 is 16.2 Å². The van der Waals surface area contributed by atoms with E-state index in [4.69, 9.17) is 16.9 Å². The van der Waals surface area contributed by atoms with Crippen LogP contribution >= 0.6 is 11.6 Å². The second kappa shape index (κ2) is 10.2. The molecule has 11 heteroatoms. The first-order valence-electron chi connectivity index (χ1n) is 8.59. The molecular formula is C19H18ClN4O5S-. The predicted octanol–water partition coefficient (Wildman–Crippen LogP) is 1.38. The third-order valence-electron chi connectivity index (χ3n) is 4.19. The summed E-state index contributed by atoms with van der Waals surface area (Å²) >= 11 is 3.71. The number of hydrogen-bond donors (Lipinski definition) is 4. The van der Waals surface area contributed by atoms with Crippen LogP contribution in [-0.4, -0.2) is 37.8 Å². The third kappa shape index (κ3) is 5.55. The van der Waals surface area contributed by atoms with Crippen LogP contribution in [-0.2, 0) is 15.9 Å². The number of aliphatic hydroxyl groups excluding tert-OH is 1. The van der Waals surface area contributed by atoms with Crippen molar-refractivity contribution in [3.8, 4) is 6.07 Å². The first-order valence-corrected chi connectivity index (χ1v) is 10.0.